The number of aliphatic hydroxyl groups is 1. The molecule has 0 aliphatic rings. The van der Waals surface area contributed by atoms with E-state index in [1.165, 1.54) is 23.5 Å². The average molecular weight is 253 g/mol. The molecule has 0 aliphatic heterocycles. The second-order valence-corrected chi connectivity index (χ2v) is 4.69. The van der Waals surface area contributed by atoms with E-state index in [1.807, 2.05) is 6.92 Å². The molecule has 0 unspecified atom stereocenters. The normalized spacial score (nSPS) is 10.5. The first-order chi connectivity index (χ1) is 8.19. The van der Waals surface area contributed by atoms with E-state index in [0.29, 0.717) is 5.75 Å². The lowest BCUT2D eigenvalue weighted by Crippen LogP contribution is -1.95. The summed E-state index contributed by atoms with van der Waals surface area (Å²) >= 11 is 1.40. The van der Waals surface area contributed by atoms with Gasteiger partial charge < -0.3 is 9.84 Å². The van der Waals surface area contributed by atoms with Crippen molar-refractivity contribution in [1.82, 2.24) is 4.98 Å². The van der Waals surface area contributed by atoms with Crippen LogP contribution in [0.3, 0.4) is 0 Å². The van der Waals surface area contributed by atoms with Gasteiger partial charge in [-0.15, -0.1) is 11.3 Å². The summed E-state index contributed by atoms with van der Waals surface area (Å²) in [6.07, 6.45) is 0. The Morgan fingerprint density at radius 2 is 2.29 bits per heavy atom. The van der Waals surface area contributed by atoms with Gasteiger partial charge in [0.15, 0.2) is 0 Å². The molecule has 0 radical (unpaired) electrons. The van der Waals surface area contributed by atoms with Crippen LogP contribution in [0.1, 0.15) is 15.6 Å². The quantitative estimate of drug-likeness (QED) is 0.910. The molecule has 1 heterocycles. The molecule has 1 N–H and O–H groups in total. The Balaban J connectivity index is 2.02. The molecule has 90 valence electrons. The van der Waals surface area contributed by atoms with Gasteiger partial charge in [0, 0.05) is 6.07 Å². The number of nitrogens with zero attached hydrogens (tertiary/aromatic N) is 1. The van der Waals surface area contributed by atoms with Gasteiger partial charge in [-0.05, 0) is 19.1 Å². The zero-order chi connectivity index (χ0) is 12.3. The fourth-order valence-corrected chi connectivity index (χ4v) is 2.24. The molecule has 0 amide bonds. The SMILES string of the molecule is Cc1nc(COc2cccc(F)c2)sc1CO. The molecule has 1 aromatic carbocycles. The second-order valence-electron chi connectivity index (χ2n) is 3.52. The lowest BCUT2D eigenvalue weighted by molar-refractivity contribution is 0.284. The third kappa shape index (κ3) is 3.01. The zero-order valence-electron chi connectivity index (χ0n) is 9.31. The Morgan fingerprint density at radius 3 is 2.94 bits per heavy atom. The molecule has 0 fully saturated rings. The van der Waals surface area contributed by atoms with Crippen LogP contribution in [0.2, 0.25) is 0 Å². The Hall–Kier alpha value is -1.46. The van der Waals surface area contributed by atoms with Crippen LogP contribution in [0.4, 0.5) is 4.39 Å². The fourth-order valence-electron chi connectivity index (χ4n) is 1.40. The summed E-state index contributed by atoms with van der Waals surface area (Å²) in [5.41, 5.74) is 0.815. The topological polar surface area (TPSA) is 42.4 Å². The number of rotatable bonds is 4. The summed E-state index contributed by atoms with van der Waals surface area (Å²) < 4.78 is 18.3. The summed E-state index contributed by atoms with van der Waals surface area (Å²) in [4.78, 5) is 5.09. The van der Waals surface area contributed by atoms with Gasteiger partial charge in [0.1, 0.15) is 23.2 Å². The molecule has 0 atom stereocenters. The standard InChI is InChI=1S/C12H12FNO2S/c1-8-11(6-15)17-12(14-8)7-16-10-4-2-3-9(13)5-10/h2-5,15H,6-7H2,1H3. The molecule has 0 bridgehead atoms. The lowest BCUT2D eigenvalue weighted by Gasteiger charge is -2.03. The van der Waals surface area contributed by atoms with Crippen LogP contribution in [-0.4, -0.2) is 10.1 Å². The van der Waals surface area contributed by atoms with Crippen molar-refractivity contribution >= 4 is 11.3 Å². The first kappa shape index (κ1) is 12.0. The Kier molecular flexibility index (Phi) is 3.71. The van der Waals surface area contributed by atoms with Crippen molar-refractivity contribution in [2.45, 2.75) is 20.1 Å². The number of ether oxygens (including phenoxy) is 1. The highest BCUT2D eigenvalue weighted by atomic mass is 32.1. The van der Waals surface area contributed by atoms with Gasteiger partial charge in [-0.1, -0.05) is 6.07 Å². The van der Waals surface area contributed by atoms with Crippen LogP contribution in [0, 0.1) is 12.7 Å². The summed E-state index contributed by atoms with van der Waals surface area (Å²) in [7, 11) is 0. The molecule has 0 aliphatic carbocycles. The highest BCUT2D eigenvalue weighted by Crippen LogP contribution is 2.20. The van der Waals surface area contributed by atoms with Gasteiger partial charge in [0.05, 0.1) is 17.2 Å². The van der Waals surface area contributed by atoms with E-state index in [-0.39, 0.29) is 19.0 Å². The maximum atomic E-state index is 12.9. The predicted molar refractivity (Wildman–Crippen MR) is 63.5 cm³/mol. The highest BCUT2D eigenvalue weighted by molar-refractivity contribution is 7.11. The number of aromatic nitrogens is 1. The molecule has 0 spiro atoms. The smallest absolute Gasteiger partial charge is 0.140 e. The minimum atomic E-state index is -0.325. The number of benzene rings is 1. The minimum Gasteiger partial charge on any atom is -0.486 e. The number of aliphatic hydroxyl groups excluding tert-OH is 1. The number of hydrogen-bond donors (Lipinski definition) is 1. The van der Waals surface area contributed by atoms with Crippen LogP contribution in [-0.2, 0) is 13.2 Å². The molecule has 1 aromatic heterocycles. The van der Waals surface area contributed by atoms with Crippen LogP contribution in [0.5, 0.6) is 5.75 Å². The maximum Gasteiger partial charge on any atom is 0.140 e. The summed E-state index contributed by atoms with van der Waals surface area (Å²) in [5.74, 6) is 0.150. The molecule has 3 nitrogen and oxygen atoms in total. The van der Waals surface area contributed by atoms with E-state index >= 15 is 0 Å². The average Bonchev–Trinajstić information content (AvgIpc) is 2.67. The van der Waals surface area contributed by atoms with Gasteiger partial charge in [-0.3, -0.25) is 0 Å². The third-order valence-electron chi connectivity index (χ3n) is 2.24. The summed E-state index contributed by atoms with van der Waals surface area (Å²) in [5, 5.41) is 9.81. The van der Waals surface area contributed by atoms with Crippen molar-refractivity contribution in [1.29, 1.82) is 0 Å². The van der Waals surface area contributed by atoms with Crippen molar-refractivity contribution in [2.75, 3.05) is 0 Å². The van der Waals surface area contributed by atoms with E-state index in [2.05, 4.69) is 4.98 Å². The first-order valence-corrected chi connectivity index (χ1v) is 5.95. The van der Waals surface area contributed by atoms with Gasteiger partial charge >= 0.3 is 0 Å². The van der Waals surface area contributed by atoms with Gasteiger partial charge in [0.2, 0.25) is 0 Å². The molecule has 0 saturated carbocycles. The highest BCUT2D eigenvalue weighted by Gasteiger charge is 2.07. The Bertz CT molecular complexity index is 513. The Morgan fingerprint density at radius 1 is 1.47 bits per heavy atom. The minimum absolute atomic E-state index is 0.0105. The van der Waals surface area contributed by atoms with Gasteiger partial charge in [-0.2, -0.15) is 0 Å². The van der Waals surface area contributed by atoms with Crippen molar-refractivity contribution < 1.29 is 14.2 Å². The fraction of sp³-hybridized carbons (Fsp3) is 0.250. The summed E-state index contributed by atoms with van der Waals surface area (Å²) in [6.45, 7) is 2.12. The maximum absolute atomic E-state index is 12.9. The molecule has 5 heteroatoms. The zero-order valence-corrected chi connectivity index (χ0v) is 10.1. The Labute approximate surface area is 103 Å². The second kappa shape index (κ2) is 5.25. The van der Waals surface area contributed by atoms with Crippen LogP contribution in [0.15, 0.2) is 24.3 Å². The lowest BCUT2D eigenvalue weighted by atomic mass is 10.3. The van der Waals surface area contributed by atoms with Crippen molar-refractivity contribution in [3.63, 3.8) is 0 Å². The van der Waals surface area contributed by atoms with E-state index in [0.717, 1.165) is 15.6 Å². The van der Waals surface area contributed by atoms with E-state index in [4.69, 9.17) is 9.84 Å². The monoisotopic (exact) mass is 253 g/mol. The van der Waals surface area contributed by atoms with Crippen LogP contribution >= 0.6 is 11.3 Å². The van der Waals surface area contributed by atoms with E-state index < -0.39 is 0 Å². The first-order valence-electron chi connectivity index (χ1n) is 5.13. The number of thiazole rings is 1. The van der Waals surface area contributed by atoms with Crippen molar-refractivity contribution in [3.05, 3.63) is 45.7 Å². The molecule has 2 aromatic rings. The van der Waals surface area contributed by atoms with Gasteiger partial charge in [-0.25, -0.2) is 9.37 Å². The summed E-state index contributed by atoms with van der Waals surface area (Å²) in [6, 6.07) is 5.98. The molecular formula is C12H12FNO2S. The number of halogens is 1. The van der Waals surface area contributed by atoms with Crippen molar-refractivity contribution in [2.24, 2.45) is 0 Å². The molecular weight excluding hydrogens is 241 g/mol. The molecule has 2 rings (SSSR count). The van der Waals surface area contributed by atoms with E-state index in [9.17, 15) is 4.39 Å². The molecule has 17 heavy (non-hydrogen) atoms. The van der Waals surface area contributed by atoms with Crippen LogP contribution < -0.4 is 4.74 Å². The number of hydrogen-bond acceptors (Lipinski definition) is 4. The largest absolute Gasteiger partial charge is 0.486 e. The van der Waals surface area contributed by atoms with Crippen molar-refractivity contribution in [3.8, 4) is 5.75 Å². The van der Waals surface area contributed by atoms with E-state index in [1.54, 1.807) is 12.1 Å². The third-order valence-corrected chi connectivity index (χ3v) is 3.35. The van der Waals surface area contributed by atoms with Gasteiger partial charge in [0.25, 0.3) is 0 Å². The van der Waals surface area contributed by atoms with Crippen LogP contribution in [0.25, 0.3) is 0 Å². The predicted octanol–water partition coefficient (Wildman–Crippen LogP) is 2.66. The molecule has 0 saturated heterocycles. The number of aryl methyl sites for hydroxylation is 1.